The summed E-state index contributed by atoms with van der Waals surface area (Å²) in [5, 5.41) is 0.939. The molecule has 0 spiro atoms. The van der Waals surface area contributed by atoms with E-state index in [-0.39, 0.29) is 10.3 Å². The molecule has 0 saturated heterocycles. The van der Waals surface area contributed by atoms with Gasteiger partial charge in [-0.2, -0.15) is 0 Å². The lowest BCUT2D eigenvalue weighted by molar-refractivity contribution is 0.112. The fraction of sp³-hybridized carbons (Fsp3) is 0. The molecule has 1 aromatic heterocycles. The fourth-order valence-corrected chi connectivity index (χ4v) is 1.98. The Morgan fingerprint density at radius 2 is 2.00 bits per heavy atom. The summed E-state index contributed by atoms with van der Waals surface area (Å²) < 4.78 is 0.742. The lowest BCUT2D eigenvalue weighted by Crippen LogP contribution is -2.01. The minimum atomic E-state index is -0.172. The van der Waals surface area contributed by atoms with Gasteiger partial charge >= 0.3 is 0 Å². The SMILES string of the molecule is O=Cc1cc2ccccc2sc1=O. The highest BCUT2D eigenvalue weighted by Crippen LogP contribution is 2.15. The van der Waals surface area contributed by atoms with E-state index in [0.29, 0.717) is 6.29 Å². The van der Waals surface area contributed by atoms with E-state index in [1.165, 1.54) is 0 Å². The third-order valence-corrected chi connectivity index (χ3v) is 2.81. The summed E-state index contributed by atoms with van der Waals surface area (Å²) in [5.74, 6) is 0. The second-order valence-corrected chi connectivity index (χ2v) is 3.66. The van der Waals surface area contributed by atoms with Crippen molar-refractivity contribution in [3.63, 3.8) is 0 Å². The van der Waals surface area contributed by atoms with Crippen molar-refractivity contribution in [2.24, 2.45) is 0 Å². The third kappa shape index (κ3) is 1.38. The van der Waals surface area contributed by atoms with Crippen LogP contribution in [-0.2, 0) is 0 Å². The molecule has 0 radical (unpaired) electrons. The van der Waals surface area contributed by atoms with Gasteiger partial charge in [0.25, 0.3) is 0 Å². The molecule has 0 aliphatic heterocycles. The molecule has 0 fully saturated rings. The normalized spacial score (nSPS) is 10.2. The summed E-state index contributed by atoms with van der Waals surface area (Å²) in [7, 11) is 0. The Balaban J connectivity index is 2.89. The van der Waals surface area contributed by atoms with Gasteiger partial charge in [-0.15, -0.1) is 0 Å². The molecule has 0 unspecified atom stereocenters. The second-order valence-electron chi connectivity index (χ2n) is 2.64. The lowest BCUT2D eigenvalue weighted by Gasteiger charge is -1.94. The minimum Gasteiger partial charge on any atom is -0.298 e. The van der Waals surface area contributed by atoms with Gasteiger partial charge in [-0.3, -0.25) is 9.59 Å². The molecular weight excluding hydrogens is 184 g/mol. The third-order valence-electron chi connectivity index (χ3n) is 1.80. The Morgan fingerprint density at radius 1 is 1.23 bits per heavy atom. The number of carbonyl (C=O) groups is 1. The number of benzene rings is 1. The first-order chi connectivity index (χ1) is 6.31. The van der Waals surface area contributed by atoms with Crippen molar-refractivity contribution in [3.8, 4) is 0 Å². The van der Waals surface area contributed by atoms with Crippen LogP contribution >= 0.6 is 11.3 Å². The van der Waals surface area contributed by atoms with E-state index in [4.69, 9.17) is 0 Å². The molecule has 3 heteroatoms. The summed E-state index contributed by atoms with van der Waals surface area (Å²) in [4.78, 5) is 21.7. The van der Waals surface area contributed by atoms with Crippen LogP contribution in [-0.4, -0.2) is 6.29 Å². The predicted molar refractivity (Wildman–Crippen MR) is 53.5 cm³/mol. The maximum absolute atomic E-state index is 11.3. The zero-order valence-corrected chi connectivity index (χ0v) is 7.51. The molecule has 13 heavy (non-hydrogen) atoms. The number of hydrogen-bond donors (Lipinski definition) is 0. The van der Waals surface area contributed by atoms with Gasteiger partial charge in [-0.25, -0.2) is 0 Å². The highest BCUT2D eigenvalue weighted by atomic mass is 32.1. The van der Waals surface area contributed by atoms with Crippen molar-refractivity contribution < 1.29 is 4.79 Å². The monoisotopic (exact) mass is 190 g/mol. The summed E-state index contributed by atoms with van der Waals surface area (Å²) >= 11 is 1.11. The molecular formula is C10H6O2S. The Hall–Kier alpha value is -1.48. The van der Waals surface area contributed by atoms with Crippen LogP contribution in [0.3, 0.4) is 0 Å². The summed E-state index contributed by atoms with van der Waals surface area (Å²) in [5.41, 5.74) is 0.240. The van der Waals surface area contributed by atoms with Gasteiger partial charge in [-0.05, 0) is 17.5 Å². The predicted octanol–water partition coefficient (Wildman–Crippen LogP) is 2.07. The minimum absolute atomic E-state index is 0.172. The van der Waals surface area contributed by atoms with Crippen LogP contribution in [0.15, 0.2) is 35.1 Å². The van der Waals surface area contributed by atoms with Crippen molar-refractivity contribution in [2.75, 3.05) is 0 Å². The maximum Gasteiger partial charge on any atom is 0.243 e. The molecule has 2 nitrogen and oxygen atoms in total. The summed E-state index contributed by atoms with van der Waals surface area (Å²) in [6.45, 7) is 0. The smallest absolute Gasteiger partial charge is 0.243 e. The molecule has 2 aromatic rings. The van der Waals surface area contributed by atoms with E-state index in [0.717, 1.165) is 21.4 Å². The van der Waals surface area contributed by atoms with Gasteiger partial charge in [-0.1, -0.05) is 29.5 Å². The molecule has 0 N–H and O–H groups in total. The van der Waals surface area contributed by atoms with Crippen LogP contribution in [0.4, 0.5) is 0 Å². The molecule has 2 rings (SSSR count). The largest absolute Gasteiger partial charge is 0.298 e. The van der Waals surface area contributed by atoms with Crippen LogP contribution in [0, 0.1) is 0 Å². The Morgan fingerprint density at radius 3 is 2.77 bits per heavy atom. The van der Waals surface area contributed by atoms with Crippen LogP contribution in [0.2, 0.25) is 0 Å². The van der Waals surface area contributed by atoms with E-state index >= 15 is 0 Å². The van der Waals surface area contributed by atoms with E-state index in [2.05, 4.69) is 0 Å². The first-order valence-electron chi connectivity index (χ1n) is 3.79. The first-order valence-corrected chi connectivity index (χ1v) is 4.61. The average molecular weight is 190 g/mol. The van der Waals surface area contributed by atoms with Crippen molar-refractivity contribution >= 4 is 27.7 Å². The van der Waals surface area contributed by atoms with Gasteiger partial charge in [0.1, 0.15) is 0 Å². The molecule has 0 amide bonds. The van der Waals surface area contributed by atoms with E-state index in [1.54, 1.807) is 6.07 Å². The highest BCUT2D eigenvalue weighted by Gasteiger charge is 2.00. The zero-order valence-electron chi connectivity index (χ0n) is 6.69. The fourth-order valence-electron chi connectivity index (χ4n) is 1.16. The van der Waals surface area contributed by atoms with Gasteiger partial charge in [0, 0.05) is 4.70 Å². The molecule has 1 aromatic carbocycles. The standard InChI is InChI=1S/C10H6O2S/c11-6-8-5-7-3-1-2-4-9(7)13-10(8)12/h1-6H. The van der Waals surface area contributed by atoms with E-state index in [9.17, 15) is 9.59 Å². The first kappa shape index (κ1) is 8.13. The Labute approximate surface area is 78.5 Å². The van der Waals surface area contributed by atoms with Gasteiger partial charge in [0.15, 0.2) is 6.29 Å². The van der Waals surface area contributed by atoms with Gasteiger partial charge in [0.2, 0.25) is 4.74 Å². The average Bonchev–Trinajstić information content (AvgIpc) is 2.17. The maximum atomic E-state index is 11.3. The topological polar surface area (TPSA) is 34.1 Å². The number of rotatable bonds is 1. The number of aldehydes is 1. The number of hydrogen-bond acceptors (Lipinski definition) is 3. The molecule has 0 saturated carbocycles. The van der Waals surface area contributed by atoms with Crippen molar-refractivity contribution in [3.05, 3.63) is 45.4 Å². The van der Waals surface area contributed by atoms with Crippen LogP contribution in [0.5, 0.6) is 0 Å². The Kier molecular flexibility index (Phi) is 1.94. The lowest BCUT2D eigenvalue weighted by atomic mass is 10.2. The molecule has 0 bridgehead atoms. The van der Waals surface area contributed by atoms with Gasteiger partial charge < -0.3 is 0 Å². The van der Waals surface area contributed by atoms with E-state index < -0.39 is 0 Å². The molecule has 0 atom stereocenters. The van der Waals surface area contributed by atoms with Crippen molar-refractivity contribution in [2.45, 2.75) is 0 Å². The van der Waals surface area contributed by atoms with Gasteiger partial charge in [0.05, 0.1) is 5.56 Å². The zero-order chi connectivity index (χ0) is 9.26. The van der Waals surface area contributed by atoms with Crippen LogP contribution in [0.25, 0.3) is 10.1 Å². The molecule has 64 valence electrons. The molecule has 0 aliphatic rings. The molecule has 1 heterocycles. The summed E-state index contributed by atoms with van der Waals surface area (Å²) in [6, 6.07) is 9.14. The number of fused-ring (bicyclic) bond motifs is 1. The quantitative estimate of drug-likeness (QED) is 0.645. The highest BCUT2D eigenvalue weighted by molar-refractivity contribution is 7.16. The second kappa shape index (κ2) is 3.11. The van der Waals surface area contributed by atoms with Crippen LogP contribution in [0.1, 0.15) is 10.4 Å². The number of carbonyl (C=O) groups excluding carboxylic acids is 1. The van der Waals surface area contributed by atoms with Crippen molar-refractivity contribution in [1.82, 2.24) is 0 Å². The molecule has 0 aliphatic carbocycles. The Bertz CT molecular complexity index is 514. The summed E-state index contributed by atoms with van der Waals surface area (Å²) in [6.07, 6.45) is 0.602. The van der Waals surface area contributed by atoms with Crippen LogP contribution < -0.4 is 4.74 Å². The van der Waals surface area contributed by atoms with Crippen molar-refractivity contribution in [1.29, 1.82) is 0 Å². The van der Waals surface area contributed by atoms with E-state index in [1.807, 2.05) is 24.3 Å².